The van der Waals surface area contributed by atoms with Crippen molar-refractivity contribution in [2.75, 3.05) is 6.61 Å². The van der Waals surface area contributed by atoms with Crippen molar-refractivity contribution in [3.05, 3.63) is 70.9 Å². The number of aryl methyl sites for hydroxylation is 1. The van der Waals surface area contributed by atoms with E-state index in [9.17, 15) is 4.79 Å². The number of fused-ring (bicyclic) bond motifs is 1. The zero-order chi connectivity index (χ0) is 25.3. The molecular formula is C29H34ClNO3. The highest BCUT2D eigenvalue weighted by Crippen LogP contribution is 2.40. The van der Waals surface area contributed by atoms with Crippen LogP contribution in [0.1, 0.15) is 64.5 Å². The van der Waals surface area contributed by atoms with Crippen molar-refractivity contribution in [1.29, 1.82) is 0 Å². The summed E-state index contributed by atoms with van der Waals surface area (Å²) < 4.78 is 12.3. The average Bonchev–Trinajstić information content (AvgIpc) is 2.74. The highest BCUT2D eigenvalue weighted by atomic mass is 35.5. The molecule has 1 unspecified atom stereocenters. The number of pyridine rings is 1. The lowest BCUT2D eigenvalue weighted by atomic mass is 9.88. The predicted molar refractivity (Wildman–Crippen MR) is 141 cm³/mol. The number of hydrogen-bond acceptors (Lipinski definition) is 4. The van der Waals surface area contributed by atoms with E-state index < -0.39 is 17.1 Å². The molecule has 1 atom stereocenters. The molecule has 4 nitrogen and oxygen atoms in total. The van der Waals surface area contributed by atoms with E-state index >= 15 is 0 Å². The molecule has 0 spiro atoms. The van der Waals surface area contributed by atoms with Gasteiger partial charge in [-0.1, -0.05) is 36.4 Å². The molecule has 34 heavy (non-hydrogen) atoms. The maximum Gasteiger partial charge on any atom is 0.311 e. The van der Waals surface area contributed by atoms with Crippen LogP contribution in [0.2, 0.25) is 5.02 Å². The summed E-state index contributed by atoms with van der Waals surface area (Å²) in [7, 11) is 0. The molecule has 0 saturated carbocycles. The molecule has 0 aliphatic carbocycles. The molecule has 180 valence electrons. The van der Waals surface area contributed by atoms with E-state index in [4.69, 9.17) is 26.1 Å². The van der Waals surface area contributed by atoms with Gasteiger partial charge in [0.2, 0.25) is 0 Å². The normalized spacial score (nSPS) is 13.1. The molecule has 0 aliphatic rings. The first-order valence-electron chi connectivity index (χ1n) is 11.5. The topological polar surface area (TPSA) is 48.4 Å². The Balaban J connectivity index is 2.26. The lowest BCUT2D eigenvalue weighted by molar-refractivity contribution is -0.162. The van der Waals surface area contributed by atoms with Gasteiger partial charge in [0.25, 0.3) is 0 Å². The number of carbonyl (C=O) groups is 1. The van der Waals surface area contributed by atoms with Gasteiger partial charge in [0.05, 0.1) is 22.2 Å². The number of hydrogen-bond donors (Lipinski definition) is 0. The smallest absolute Gasteiger partial charge is 0.311 e. The number of nitrogens with zero attached hydrogens (tertiary/aromatic N) is 1. The van der Waals surface area contributed by atoms with Gasteiger partial charge in [0.15, 0.2) is 0 Å². The van der Waals surface area contributed by atoms with Gasteiger partial charge in [0.1, 0.15) is 12.7 Å². The summed E-state index contributed by atoms with van der Waals surface area (Å²) >= 11 is 6.20. The van der Waals surface area contributed by atoms with Gasteiger partial charge in [-0.05, 0) is 101 Å². The van der Waals surface area contributed by atoms with Crippen molar-refractivity contribution in [1.82, 2.24) is 4.98 Å². The summed E-state index contributed by atoms with van der Waals surface area (Å²) in [4.78, 5) is 17.4. The van der Waals surface area contributed by atoms with Crippen LogP contribution in [0, 0.1) is 12.3 Å². The van der Waals surface area contributed by atoms with Crippen LogP contribution in [0.4, 0.5) is 0 Å². The standard InChI is InChI=1S/C29H34ClNO3/c1-9-21-14-15-22-23(31-21)16-18(2)25(26(22)19-10-12-20(30)13-11-19)24(34-29(6,7)8)17-33-27(32)28(3,4)5/h9-16,24H,1,17H2,2-8H3. The first kappa shape index (κ1) is 25.9. The summed E-state index contributed by atoms with van der Waals surface area (Å²) in [6.45, 7) is 17.5. The van der Waals surface area contributed by atoms with E-state index in [-0.39, 0.29) is 12.6 Å². The molecule has 1 aromatic heterocycles. The number of aromatic nitrogens is 1. The second-order valence-corrected chi connectivity index (χ2v) is 11.0. The van der Waals surface area contributed by atoms with Crippen molar-refractivity contribution >= 4 is 34.5 Å². The number of esters is 1. The van der Waals surface area contributed by atoms with E-state index in [1.54, 1.807) is 6.08 Å². The fourth-order valence-electron chi connectivity index (χ4n) is 3.86. The van der Waals surface area contributed by atoms with Gasteiger partial charge >= 0.3 is 5.97 Å². The van der Waals surface area contributed by atoms with Crippen molar-refractivity contribution in [2.45, 2.75) is 60.2 Å². The Kier molecular flexibility index (Phi) is 7.54. The Hall–Kier alpha value is -2.69. The predicted octanol–water partition coefficient (Wildman–Crippen LogP) is 7.95. The van der Waals surface area contributed by atoms with Crippen LogP contribution in [-0.2, 0) is 14.3 Å². The molecule has 0 fully saturated rings. The van der Waals surface area contributed by atoms with Crippen LogP contribution in [0.15, 0.2) is 49.0 Å². The molecule has 0 amide bonds. The van der Waals surface area contributed by atoms with Crippen molar-refractivity contribution in [3.63, 3.8) is 0 Å². The van der Waals surface area contributed by atoms with Gasteiger partial charge in [-0.25, -0.2) is 4.98 Å². The summed E-state index contributed by atoms with van der Waals surface area (Å²) in [6, 6.07) is 13.8. The zero-order valence-electron chi connectivity index (χ0n) is 21.2. The maximum atomic E-state index is 12.6. The first-order valence-corrected chi connectivity index (χ1v) is 11.9. The number of rotatable bonds is 6. The average molecular weight is 480 g/mol. The molecule has 0 aliphatic heterocycles. The molecular weight excluding hydrogens is 446 g/mol. The van der Waals surface area contributed by atoms with E-state index in [0.29, 0.717) is 5.02 Å². The Labute approximate surface area is 208 Å². The number of halogens is 1. The van der Waals surface area contributed by atoms with Crippen LogP contribution in [-0.4, -0.2) is 23.2 Å². The molecule has 3 aromatic rings. The minimum atomic E-state index is -0.602. The SMILES string of the molecule is C=Cc1ccc2c(-c3ccc(Cl)cc3)c(C(COC(=O)C(C)(C)C)OC(C)(C)C)c(C)cc2n1. The summed E-state index contributed by atoms with van der Waals surface area (Å²) in [6.07, 6.45) is 1.27. The second-order valence-electron chi connectivity index (χ2n) is 10.6. The quantitative estimate of drug-likeness (QED) is 0.336. The molecule has 0 saturated heterocycles. The van der Waals surface area contributed by atoms with Gasteiger partial charge in [-0.2, -0.15) is 0 Å². The molecule has 0 radical (unpaired) electrons. The van der Waals surface area contributed by atoms with Gasteiger partial charge in [-0.15, -0.1) is 0 Å². The zero-order valence-corrected chi connectivity index (χ0v) is 21.9. The molecule has 1 heterocycles. The van der Waals surface area contributed by atoms with Gasteiger partial charge in [0, 0.05) is 10.4 Å². The lowest BCUT2D eigenvalue weighted by Gasteiger charge is -2.31. The van der Waals surface area contributed by atoms with Gasteiger partial charge < -0.3 is 9.47 Å². The highest BCUT2D eigenvalue weighted by Gasteiger charge is 2.30. The summed E-state index contributed by atoms with van der Waals surface area (Å²) in [5, 5.41) is 1.65. The van der Waals surface area contributed by atoms with Crippen LogP contribution in [0.5, 0.6) is 0 Å². The largest absolute Gasteiger partial charge is 0.462 e. The minimum absolute atomic E-state index is 0.110. The monoisotopic (exact) mass is 479 g/mol. The second kappa shape index (κ2) is 9.89. The number of carbonyl (C=O) groups excluding carboxylic acids is 1. The van der Waals surface area contributed by atoms with E-state index in [2.05, 4.69) is 18.7 Å². The molecule has 0 bridgehead atoms. The molecule has 3 rings (SSSR count). The van der Waals surface area contributed by atoms with E-state index in [0.717, 1.165) is 38.9 Å². The van der Waals surface area contributed by atoms with Crippen molar-refractivity contribution in [2.24, 2.45) is 5.41 Å². The van der Waals surface area contributed by atoms with Crippen LogP contribution < -0.4 is 0 Å². The van der Waals surface area contributed by atoms with Crippen molar-refractivity contribution in [3.8, 4) is 11.1 Å². The number of ether oxygens (including phenoxy) is 2. The number of benzene rings is 2. The minimum Gasteiger partial charge on any atom is -0.462 e. The highest BCUT2D eigenvalue weighted by molar-refractivity contribution is 6.30. The van der Waals surface area contributed by atoms with Crippen LogP contribution >= 0.6 is 11.6 Å². The third-order valence-corrected chi connectivity index (χ3v) is 5.65. The Morgan fingerprint density at radius 1 is 1.09 bits per heavy atom. The van der Waals surface area contributed by atoms with Crippen LogP contribution in [0.3, 0.4) is 0 Å². The first-order chi connectivity index (χ1) is 15.8. The maximum absolute atomic E-state index is 12.6. The van der Waals surface area contributed by atoms with Gasteiger partial charge in [-0.3, -0.25) is 4.79 Å². The van der Waals surface area contributed by atoms with E-state index in [1.807, 2.05) is 78.8 Å². The summed E-state index contributed by atoms with van der Waals surface area (Å²) in [5.41, 5.74) is 4.58. The van der Waals surface area contributed by atoms with E-state index in [1.165, 1.54) is 0 Å². The Morgan fingerprint density at radius 3 is 2.29 bits per heavy atom. The van der Waals surface area contributed by atoms with Crippen molar-refractivity contribution < 1.29 is 14.3 Å². The fourth-order valence-corrected chi connectivity index (χ4v) is 3.99. The fraction of sp³-hybridized carbons (Fsp3) is 0.379. The van der Waals surface area contributed by atoms with Crippen LogP contribution in [0.25, 0.3) is 28.1 Å². The summed E-state index contributed by atoms with van der Waals surface area (Å²) in [5.74, 6) is -0.265. The molecule has 0 N–H and O–H groups in total. The third kappa shape index (κ3) is 6.05. The molecule has 5 heteroatoms. The molecule has 2 aromatic carbocycles. The Bertz CT molecular complexity index is 1200. The Morgan fingerprint density at radius 2 is 1.74 bits per heavy atom. The lowest BCUT2D eigenvalue weighted by Crippen LogP contribution is -2.30. The third-order valence-electron chi connectivity index (χ3n) is 5.40.